The predicted molar refractivity (Wildman–Crippen MR) is 325 cm³/mol. The number of carbonyl (C=O) groups excluding carboxylic acids is 2. The van der Waals surface area contributed by atoms with Gasteiger partial charge in [0.1, 0.15) is 34.6 Å². The molecule has 3 aromatic heterocycles. The van der Waals surface area contributed by atoms with Gasteiger partial charge >= 0.3 is 0 Å². The third-order valence-corrected chi connectivity index (χ3v) is 14.4. The van der Waals surface area contributed by atoms with Gasteiger partial charge in [-0.15, -0.1) is 0 Å². The predicted octanol–water partition coefficient (Wildman–Crippen LogP) is 14.1. The van der Waals surface area contributed by atoms with Gasteiger partial charge in [0.05, 0.1) is 70.6 Å². The number of fused-ring (bicyclic) bond motifs is 1. The van der Waals surface area contributed by atoms with Crippen molar-refractivity contribution < 1.29 is 27.8 Å². The van der Waals surface area contributed by atoms with Crippen molar-refractivity contribution in [2.75, 3.05) is 62.7 Å². The minimum absolute atomic E-state index is 0.0797. The van der Waals surface area contributed by atoms with Crippen molar-refractivity contribution in [3.05, 3.63) is 144 Å². The number of hydrogen-bond acceptors (Lipinski definition) is 14. The lowest BCUT2D eigenvalue weighted by atomic mass is 9.91. The zero-order valence-corrected chi connectivity index (χ0v) is 49.2. The minimum Gasteiger partial charge on any atom is -0.457 e. The molecule has 17 heteroatoms. The van der Waals surface area contributed by atoms with Crippen molar-refractivity contribution in [1.82, 2.24) is 29.3 Å². The number of ketones is 2. The van der Waals surface area contributed by atoms with E-state index in [-0.39, 0.29) is 41.5 Å². The number of ether oxygens (including phenoxy) is 2. The Morgan fingerprint density at radius 1 is 0.691 bits per heavy atom. The number of pyridine rings is 2. The van der Waals surface area contributed by atoms with Crippen LogP contribution in [0.15, 0.2) is 114 Å². The SMILES string of the molecule is CC(C)c1cc(N=C=S)ccc1F.CC1CC(C)CN(CC(=O)Cc2cc(Oc3ccc4c(c3)nc(Nc3ccc(F)c(C(C)C)c3)n4C)ccn2)C1.CNc1ccc(Oc2ccnc(CC(=O)CN3CC(C)CC(C)C3)c2)cc1N. The Hall–Kier alpha value is -7.43. The molecular formula is C64H78F2N10O4S. The molecule has 4 N–H and O–H groups in total. The summed E-state index contributed by atoms with van der Waals surface area (Å²) in [6.07, 6.45) is 6.42. The molecule has 81 heavy (non-hydrogen) atoms. The molecule has 2 aliphatic rings. The summed E-state index contributed by atoms with van der Waals surface area (Å²) in [7, 11) is 3.76. The fraction of sp³-hybridized carbons (Fsp3) is 0.406. The number of Topliss-reactive ketones (excluding diaryl/α,β-unsaturated/α-hetero) is 2. The number of likely N-dealkylation sites (tertiary alicyclic amines) is 2. The van der Waals surface area contributed by atoms with Crippen molar-refractivity contribution in [3.8, 4) is 23.0 Å². The highest BCUT2D eigenvalue weighted by atomic mass is 32.1. The van der Waals surface area contributed by atoms with Gasteiger partial charge in [-0.05, 0) is 144 Å². The normalized spacial score (nSPS) is 17.3. The van der Waals surface area contributed by atoms with Gasteiger partial charge in [-0.25, -0.2) is 13.8 Å². The summed E-state index contributed by atoms with van der Waals surface area (Å²) in [4.78, 5) is 47.1. The number of imidazole rings is 1. The second-order valence-electron chi connectivity index (χ2n) is 22.6. The Morgan fingerprint density at radius 3 is 1.69 bits per heavy atom. The first-order valence-electron chi connectivity index (χ1n) is 27.9. The number of aryl methyl sites for hydroxylation is 1. The summed E-state index contributed by atoms with van der Waals surface area (Å²) in [6.45, 7) is 21.7. The number of hydrogen-bond donors (Lipinski definition) is 3. The molecule has 7 aromatic rings. The van der Waals surface area contributed by atoms with Gasteiger partial charge in [0.25, 0.3) is 0 Å². The number of aromatic nitrogens is 4. The van der Waals surface area contributed by atoms with Crippen molar-refractivity contribution in [3.63, 3.8) is 0 Å². The topological polar surface area (TPSA) is 165 Å². The van der Waals surface area contributed by atoms with E-state index in [4.69, 9.17) is 20.2 Å². The molecule has 4 unspecified atom stereocenters. The largest absolute Gasteiger partial charge is 0.457 e. The van der Waals surface area contributed by atoms with E-state index in [1.54, 1.807) is 48.8 Å². The minimum atomic E-state index is -0.206. The summed E-state index contributed by atoms with van der Waals surface area (Å²) in [5, 5.41) is 8.59. The van der Waals surface area contributed by atoms with Crippen LogP contribution in [0.25, 0.3) is 11.0 Å². The Kier molecular flexibility index (Phi) is 21.8. The molecule has 0 radical (unpaired) electrons. The number of halogens is 2. The van der Waals surface area contributed by atoms with Gasteiger partial charge in [-0.2, -0.15) is 4.99 Å². The number of anilines is 4. The highest BCUT2D eigenvalue weighted by Gasteiger charge is 2.25. The summed E-state index contributed by atoms with van der Waals surface area (Å²) in [5.74, 6) is 5.93. The molecule has 0 bridgehead atoms. The quantitative estimate of drug-likeness (QED) is 0.0423. The highest BCUT2D eigenvalue weighted by Crippen LogP contribution is 2.32. The molecule has 5 heterocycles. The van der Waals surface area contributed by atoms with E-state index in [2.05, 4.69) is 80.5 Å². The summed E-state index contributed by atoms with van der Waals surface area (Å²) >= 11 is 4.47. The van der Waals surface area contributed by atoms with Gasteiger partial charge in [0.15, 0.2) is 11.6 Å². The number of rotatable bonds is 18. The lowest BCUT2D eigenvalue weighted by Crippen LogP contribution is -2.41. The van der Waals surface area contributed by atoms with Crippen LogP contribution in [0.3, 0.4) is 0 Å². The fourth-order valence-electron chi connectivity index (χ4n) is 10.8. The summed E-state index contributed by atoms with van der Waals surface area (Å²) in [6, 6.07) is 28.2. The molecule has 2 saturated heterocycles. The zero-order valence-electron chi connectivity index (χ0n) is 48.4. The Labute approximate surface area is 481 Å². The van der Waals surface area contributed by atoms with E-state index >= 15 is 0 Å². The first-order chi connectivity index (χ1) is 38.7. The Bertz CT molecular complexity index is 3310. The van der Waals surface area contributed by atoms with Crippen LogP contribution in [-0.2, 0) is 29.5 Å². The van der Waals surface area contributed by atoms with Crippen LogP contribution in [0.1, 0.15) is 103 Å². The maximum absolute atomic E-state index is 14.2. The van der Waals surface area contributed by atoms with Crippen LogP contribution < -0.4 is 25.8 Å². The molecule has 428 valence electrons. The summed E-state index contributed by atoms with van der Waals surface area (Å²) in [5.41, 5.74) is 13.3. The fourth-order valence-corrected chi connectivity index (χ4v) is 10.9. The van der Waals surface area contributed by atoms with Crippen LogP contribution in [0.2, 0.25) is 0 Å². The zero-order chi connectivity index (χ0) is 58.3. The van der Waals surface area contributed by atoms with Crippen molar-refractivity contribution in [2.45, 2.75) is 92.9 Å². The van der Waals surface area contributed by atoms with E-state index in [0.717, 1.165) is 54.3 Å². The van der Waals surface area contributed by atoms with Gasteiger partial charge < -0.3 is 30.4 Å². The number of thiocarbonyl (C=S) groups is 1. The first-order valence-corrected chi connectivity index (χ1v) is 28.3. The van der Waals surface area contributed by atoms with Crippen LogP contribution >= 0.6 is 12.2 Å². The van der Waals surface area contributed by atoms with Crippen molar-refractivity contribution >= 4 is 68.7 Å². The van der Waals surface area contributed by atoms with Gasteiger partial charge in [-0.3, -0.25) is 29.4 Å². The van der Waals surface area contributed by atoms with Gasteiger partial charge in [-0.1, -0.05) is 55.4 Å². The van der Waals surface area contributed by atoms with Crippen LogP contribution in [-0.4, -0.2) is 92.4 Å². The second kappa shape index (κ2) is 28.8. The lowest BCUT2D eigenvalue weighted by Gasteiger charge is -2.34. The molecule has 4 aromatic carbocycles. The van der Waals surface area contributed by atoms with E-state index in [9.17, 15) is 18.4 Å². The highest BCUT2D eigenvalue weighted by molar-refractivity contribution is 7.78. The first kappa shape index (κ1) is 61.2. The number of nitrogens with one attached hydrogen (secondary N) is 2. The smallest absolute Gasteiger partial charge is 0.208 e. The third kappa shape index (κ3) is 18.0. The van der Waals surface area contributed by atoms with Crippen molar-refractivity contribution in [1.29, 1.82) is 0 Å². The van der Waals surface area contributed by atoms with E-state index in [0.29, 0.717) is 100 Å². The van der Waals surface area contributed by atoms with Crippen LogP contribution in [0, 0.1) is 35.3 Å². The number of benzene rings is 4. The molecule has 4 atom stereocenters. The number of nitrogens with two attached hydrogens (primary N) is 1. The summed E-state index contributed by atoms with van der Waals surface area (Å²) < 4.78 is 41.3. The molecule has 0 amide bonds. The van der Waals surface area contributed by atoms with Gasteiger partial charge in [0, 0.05) is 82.6 Å². The number of aliphatic imine (C=N–C) groups is 1. The van der Waals surface area contributed by atoms with Crippen LogP contribution in [0.4, 0.5) is 37.5 Å². The molecule has 0 spiro atoms. The molecule has 14 nitrogen and oxygen atoms in total. The third-order valence-electron chi connectivity index (χ3n) is 14.3. The number of carbonyl (C=O) groups is 2. The number of nitrogen functional groups attached to an aromatic ring is 1. The molecule has 9 rings (SSSR count). The van der Waals surface area contributed by atoms with Crippen LogP contribution in [0.5, 0.6) is 23.0 Å². The van der Waals surface area contributed by atoms with E-state index in [1.165, 1.54) is 25.0 Å². The number of nitrogens with zero attached hydrogens (tertiary/aromatic N) is 7. The number of piperidine rings is 2. The molecule has 2 aliphatic heterocycles. The maximum atomic E-state index is 14.2. The van der Waals surface area contributed by atoms with E-state index in [1.807, 2.05) is 94.9 Å². The Morgan fingerprint density at radius 2 is 1.19 bits per heavy atom. The molecule has 2 fully saturated rings. The van der Waals surface area contributed by atoms with Gasteiger partial charge in [0.2, 0.25) is 5.95 Å². The second-order valence-corrected chi connectivity index (χ2v) is 22.8. The Balaban J connectivity index is 0.000000199. The molecule has 0 saturated carbocycles. The number of isothiocyanates is 1. The van der Waals surface area contributed by atoms with E-state index < -0.39 is 0 Å². The molecular weight excluding hydrogens is 1040 g/mol. The lowest BCUT2D eigenvalue weighted by molar-refractivity contribution is -0.121. The average molecular weight is 1120 g/mol. The standard InChI is InChI=1S/C32H38FN5O2.C22H30N4O2.C10H10FNS/c1-20(2)28-15-23(6-8-29(28)33)35-32-36-30-16-26(7-9-31(30)37(32)5)40-27-10-11-34-24(14-27)13-25(39)19-38-17-21(3)12-22(4)18-38;1-15-8-16(2)13-26(12-15)14-18(27)9-17-10-20(6-7-25-17)28-19-4-5-22(24-3)21(23)11-19;1-7(2)9-5-8(12-6-13)3-4-10(9)11/h6-11,14-16,20-22H,12-13,17-19H2,1-5H3,(H,35,36);4-7,10-11,15-16,24H,8-9,12-14,23H2,1-3H3;3-5,7H,1-2H3. The molecule has 0 aliphatic carbocycles. The maximum Gasteiger partial charge on any atom is 0.208 e. The average Bonchev–Trinajstić information content (AvgIpc) is 3.99. The monoisotopic (exact) mass is 1120 g/mol. The van der Waals surface area contributed by atoms with Crippen molar-refractivity contribution in [2.24, 2.45) is 35.7 Å².